The molecule has 0 saturated carbocycles. The zero-order chi connectivity index (χ0) is 12.2. The Kier molecular flexibility index (Phi) is 3.70. The first-order chi connectivity index (χ1) is 7.42. The minimum absolute atomic E-state index is 0.0371. The van der Waals surface area contributed by atoms with E-state index in [2.05, 4.69) is 15.0 Å². The van der Waals surface area contributed by atoms with Gasteiger partial charge in [0, 0.05) is 7.05 Å². The quantitative estimate of drug-likeness (QED) is 0.859. The maximum atomic E-state index is 11.8. The third kappa shape index (κ3) is 3.76. The first kappa shape index (κ1) is 12.3. The fourth-order valence-electron chi connectivity index (χ4n) is 0.893. The molecule has 0 aliphatic carbocycles. The molecule has 1 N–H and O–H groups in total. The zero-order valence-corrected chi connectivity index (χ0v) is 8.34. The number of hydrogen-bond donors (Lipinski definition) is 1. The van der Waals surface area contributed by atoms with Gasteiger partial charge in [0.05, 0.1) is 6.20 Å². The van der Waals surface area contributed by atoms with Crippen molar-refractivity contribution in [2.24, 2.45) is 0 Å². The van der Waals surface area contributed by atoms with Crippen LogP contribution in [0.5, 0.6) is 5.75 Å². The van der Waals surface area contributed by atoms with Gasteiger partial charge >= 0.3 is 6.18 Å². The SMILES string of the molecule is CNC(=O)c1ccc(OCC(F)(F)F)cn1. The first-order valence-electron chi connectivity index (χ1n) is 4.30. The standard InChI is InChI=1S/C9H9F3N2O2/c1-13-8(15)7-3-2-6(4-14-7)16-5-9(10,11)12/h2-4H,5H2,1H3,(H,13,15). The minimum atomic E-state index is -4.39. The minimum Gasteiger partial charge on any atom is -0.483 e. The highest BCUT2D eigenvalue weighted by atomic mass is 19.4. The van der Waals surface area contributed by atoms with Gasteiger partial charge in [-0.1, -0.05) is 0 Å². The molecule has 1 amide bonds. The van der Waals surface area contributed by atoms with Crippen molar-refractivity contribution < 1.29 is 22.7 Å². The van der Waals surface area contributed by atoms with Crippen LogP contribution >= 0.6 is 0 Å². The molecular formula is C9H9F3N2O2. The Bertz CT molecular complexity index is 362. The highest BCUT2D eigenvalue weighted by Gasteiger charge is 2.28. The number of nitrogens with zero attached hydrogens (tertiary/aromatic N) is 1. The highest BCUT2D eigenvalue weighted by Crippen LogP contribution is 2.17. The van der Waals surface area contributed by atoms with E-state index in [1.807, 2.05) is 0 Å². The van der Waals surface area contributed by atoms with Crippen LogP contribution in [0.25, 0.3) is 0 Å². The van der Waals surface area contributed by atoms with Crippen molar-refractivity contribution in [2.45, 2.75) is 6.18 Å². The first-order valence-corrected chi connectivity index (χ1v) is 4.30. The van der Waals surface area contributed by atoms with Crippen LogP contribution in [0.3, 0.4) is 0 Å². The second-order valence-corrected chi connectivity index (χ2v) is 2.86. The normalized spacial score (nSPS) is 11.0. The van der Waals surface area contributed by atoms with Crippen molar-refractivity contribution in [3.05, 3.63) is 24.0 Å². The highest BCUT2D eigenvalue weighted by molar-refractivity contribution is 5.91. The molecule has 0 atom stereocenters. The molecule has 0 aliphatic rings. The van der Waals surface area contributed by atoms with E-state index in [1.54, 1.807) is 0 Å². The average Bonchev–Trinajstić information content (AvgIpc) is 2.25. The molecule has 1 rings (SSSR count). The van der Waals surface area contributed by atoms with E-state index in [0.717, 1.165) is 6.20 Å². The Hall–Kier alpha value is -1.79. The molecule has 0 saturated heterocycles. The summed E-state index contributed by atoms with van der Waals surface area (Å²) in [5.41, 5.74) is 0.113. The average molecular weight is 234 g/mol. The maximum Gasteiger partial charge on any atom is 0.422 e. The number of aromatic nitrogens is 1. The summed E-state index contributed by atoms with van der Waals surface area (Å²) in [7, 11) is 1.43. The van der Waals surface area contributed by atoms with E-state index in [1.165, 1.54) is 19.2 Å². The van der Waals surface area contributed by atoms with Gasteiger partial charge in [0.2, 0.25) is 0 Å². The molecule has 0 spiro atoms. The van der Waals surface area contributed by atoms with Gasteiger partial charge in [0.15, 0.2) is 6.61 Å². The lowest BCUT2D eigenvalue weighted by Gasteiger charge is -2.08. The Labute approximate surface area is 89.4 Å². The van der Waals surface area contributed by atoms with E-state index in [0.29, 0.717) is 0 Å². The van der Waals surface area contributed by atoms with Crippen LogP contribution in [0.2, 0.25) is 0 Å². The van der Waals surface area contributed by atoms with Gasteiger partial charge in [0.1, 0.15) is 11.4 Å². The molecule has 0 unspecified atom stereocenters. The van der Waals surface area contributed by atoms with Gasteiger partial charge in [0.25, 0.3) is 5.91 Å². The van der Waals surface area contributed by atoms with Crippen LogP contribution < -0.4 is 10.1 Å². The van der Waals surface area contributed by atoms with E-state index < -0.39 is 18.7 Å². The lowest BCUT2D eigenvalue weighted by atomic mass is 10.3. The van der Waals surface area contributed by atoms with Crippen LogP contribution in [0, 0.1) is 0 Å². The molecule has 7 heteroatoms. The molecule has 1 heterocycles. The van der Waals surface area contributed by atoms with Crippen molar-refractivity contribution in [1.82, 2.24) is 10.3 Å². The Morgan fingerprint density at radius 3 is 2.62 bits per heavy atom. The number of carbonyl (C=O) groups is 1. The molecule has 88 valence electrons. The zero-order valence-electron chi connectivity index (χ0n) is 8.34. The molecule has 1 aromatic rings. The summed E-state index contributed by atoms with van der Waals surface area (Å²) in [5, 5.41) is 2.33. The van der Waals surface area contributed by atoms with Crippen LogP contribution in [-0.2, 0) is 0 Å². The summed E-state index contributed by atoms with van der Waals surface area (Å²) in [5.74, 6) is -0.452. The van der Waals surface area contributed by atoms with Gasteiger partial charge in [-0.25, -0.2) is 4.98 Å². The van der Waals surface area contributed by atoms with Crippen molar-refractivity contribution >= 4 is 5.91 Å². The number of rotatable bonds is 3. The van der Waals surface area contributed by atoms with Crippen molar-refractivity contribution in [3.8, 4) is 5.75 Å². The van der Waals surface area contributed by atoms with Gasteiger partial charge in [-0.05, 0) is 12.1 Å². The Balaban J connectivity index is 2.62. The molecular weight excluding hydrogens is 225 g/mol. The predicted molar refractivity (Wildman–Crippen MR) is 49.2 cm³/mol. The van der Waals surface area contributed by atoms with E-state index >= 15 is 0 Å². The van der Waals surface area contributed by atoms with Crippen molar-refractivity contribution in [2.75, 3.05) is 13.7 Å². The molecule has 0 fully saturated rings. The largest absolute Gasteiger partial charge is 0.483 e. The van der Waals surface area contributed by atoms with Gasteiger partial charge < -0.3 is 10.1 Å². The second-order valence-electron chi connectivity index (χ2n) is 2.86. The molecule has 0 aromatic carbocycles. The molecule has 4 nitrogen and oxygen atoms in total. The number of hydrogen-bond acceptors (Lipinski definition) is 3. The van der Waals surface area contributed by atoms with Gasteiger partial charge in [-0.2, -0.15) is 13.2 Å². The number of halogens is 3. The number of carbonyl (C=O) groups excluding carboxylic acids is 1. The maximum absolute atomic E-state index is 11.8. The monoisotopic (exact) mass is 234 g/mol. The van der Waals surface area contributed by atoms with Crippen LogP contribution in [-0.4, -0.2) is 30.7 Å². The molecule has 0 aliphatic heterocycles. The number of ether oxygens (including phenoxy) is 1. The van der Waals surface area contributed by atoms with Crippen LogP contribution in [0.15, 0.2) is 18.3 Å². The Morgan fingerprint density at radius 2 is 2.19 bits per heavy atom. The van der Waals surface area contributed by atoms with Gasteiger partial charge in [-0.3, -0.25) is 4.79 Å². The van der Waals surface area contributed by atoms with E-state index in [-0.39, 0.29) is 11.4 Å². The number of pyridine rings is 1. The predicted octanol–water partition coefficient (Wildman–Crippen LogP) is 1.38. The third-order valence-electron chi connectivity index (χ3n) is 1.60. The smallest absolute Gasteiger partial charge is 0.422 e. The van der Waals surface area contributed by atoms with Crippen LogP contribution in [0.1, 0.15) is 10.5 Å². The van der Waals surface area contributed by atoms with Crippen molar-refractivity contribution in [1.29, 1.82) is 0 Å². The summed E-state index contributed by atoms with van der Waals surface area (Å²) in [6.45, 7) is -1.38. The topological polar surface area (TPSA) is 51.2 Å². The summed E-state index contributed by atoms with van der Waals surface area (Å²) in [4.78, 5) is 14.7. The lowest BCUT2D eigenvalue weighted by Crippen LogP contribution is -2.20. The van der Waals surface area contributed by atoms with E-state index in [9.17, 15) is 18.0 Å². The fourth-order valence-corrected chi connectivity index (χ4v) is 0.893. The van der Waals surface area contributed by atoms with Crippen LogP contribution in [0.4, 0.5) is 13.2 Å². The Morgan fingerprint density at radius 1 is 1.50 bits per heavy atom. The summed E-state index contributed by atoms with van der Waals surface area (Å²) in [6, 6.07) is 2.54. The molecule has 1 aromatic heterocycles. The summed E-state index contributed by atoms with van der Waals surface area (Å²) < 4.78 is 39.8. The van der Waals surface area contributed by atoms with Gasteiger partial charge in [-0.15, -0.1) is 0 Å². The number of nitrogens with one attached hydrogen (secondary N) is 1. The molecule has 16 heavy (non-hydrogen) atoms. The number of amides is 1. The fraction of sp³-hybridized carbons (Fsp3) is 0.333. The molecule has 0 bridgehead atoms. The lowest BCUT2D eigenvalue weighted by molar-refractivity contribution is -0.153. The molecule has 0 radical (unpaired) electrons. The van der Waals surface area contributed by atoms with E-state index in [4.69, 9.17) is 0 Å². The number of alkyl halides is 3. The summed E-state index contributed by atoms with van der Waals surface area (Å²) in [6.07, 6.45) is -3.32. The summed E-state index contributed by atoms with van der Waals surface area (Å²) >= 11 is 0. The third-order valence-corrected chi connectivity index (χ3v) is 1.60. The van der Waals surface area contributed by atoms with Crippen molar-refractivity contribution in [3.63, 3.8) is 0 Å². The second kappa shape index (κ2) is 4.82.